The molecule has 0 bridgehead atoms. The molecule has 0 aliphatic carbocycles. The highest BCUT2D eigenvalue weighted by Gasteiger charge is 2.21. The summed E-state index contributed by atoms with van der Waals surface area (Å²) in [5.41, 5.74) is 0.136. The zero-order valence-corrected chi connectivity index (χ0v) is 20.1. The lowest BCUT2D eigenvalue weighted by atomic mass is 10.2. The Bertz CT molecular complexity index is 1270. The van der Waals surface area contributed by atoms with Crippen molar-refractivity contribution in [2.24, 2.45) is 5.92 Å². The molecule has 0 aliphatic heterocycles. The molecule has 0 saturated carbocycles. The molecule has 10 nitrogen and oxygen atoms in total. The summed E-state index contributed by atoms with van der Waals surface area (Å²) in [4.78, 5) is 56.9. The number of carbonyl (C=O) groups is 2. The number of esters is 1. The molecule has 2 N–H and O–H groups in total. The number of anilines is 1. The number of thiophene rings is 1. The monoisotopic (exact) mass is 475 g/mol. The van der Waals surface area contributed by atoms with Gasteiger partial charge in [0, 0.05) is 25.9 Å². The van der Waals surface area contributed by atoms with Crippen LogP contribution in [0.1, 0.15) is 55.5 Å². The summed E-state index contributed by atoms with van der Waals surface area (Å²) in [6.45, 7) is 7.05. The number of aryl methyl sites for hydroxylation is 2. The molecule has 3 heterocycles. The van der Waals surface area contributed by atoms with Crippen molar-refractivity contribution in [3.05, 3.63) is 43.0 Å². The molecule has 1 amide bonds. The molecule has 0 fully saturated rings. The van der Waals surface area contributed by atoms with E-state index in [0.717, 1.165) is 12.8 Å². The summed E-state index contributed by atoms with van der Waals surface area (Å²) >= 11 is 1.19. The first-order chi connectivity index (χ1) is 15.8. The van der Waals surface area contributed by atoms with Gasteiger partial charge in [0.05, 0.1) is 12.8 Å². The van der Waals surface area contributed by atoms with E-state index in [4.69, 9.17) is 4.74 Å². The largest absolute Gasteiger partial charge is 0.465 e. The summed E-state index contributed by atoms with van der Waals surface area (Å²) in [6, 6.07) is 1.65. The van der Waals surface area contributed by atoms with Crippen molar-refractivity contribution < 1.29 is 14.3 Å². The van der Waals surface area contributed by atoms with Gasteiger partial charge in [0.25, 0.3) is 5.56 Å². The minimum Gasteiger partial charge on any atom is -0.465 e. The van der Waals surface area contributed by atoms with Crippen molar-refractivity contribution in [2.45, 2.75) is 59.5 Å². The van der Waals surface area contributed by atoms with E-state index in [9.17, 15) is 19.2 Å². The summed E-state index contributed by atoms with van der Waals surface area (Å²) in [6.07, 6.45) is 2.03. The first-order valence-electron chi connectivity index (χ1n) is 10.9. The standard InChI is InChI=1S/C22H29N5O5S/c1-5-6-10-26-19-17(20(29)25-22(26)31)27(12-13(2)3)15(24-19)7-8-16(28)23-14-9-11-33-18(14)21(30)32-4/h9,11,13H,5-8,10,12H2,1-4H3,(H,23,28)(H,25,29,31). The number of unbranched alkanes of at least 4 members (excludes halogenated alkanes) is 1. The Hall–Kier alpha value is -3.21. The minimum absolute atomic E-state index is 0.0922. The molecular formula is C22H29N5O5S. The lowest BCUT2D eigenvalue weighted by Gasteiger charge is -2.11. The molecule has 0 aromatic carbocycles. The van der Waals surface area contributed by atoms with Crippen LogP contribution in [-0.4, -0.2) is 38.1 Å². The Morgan fingerprint density at radius 1 is 1.27 bits per heavy atom. The number of imidazole rings is 1. The quantitative estimate of drug-likeness (QED) is 0.434. The number of ether oxygens (including phenoxy) is 1. The van der Waals surface area contributed by atoms with Gasteiger partial charge in [-0.05, 0) is 23.8 Å². The van der Waals surface area contributed by atoms with Gasteiger partial charge in [-0.2, -0.15) is 0 Å². The Labute approximate surface area is 194 Å². The van der Waals surface area contributed by atoms with Crippen LogP contribution in [0.4, 0.5) is 5.69 Å². The van der Waals surface area contributed by atoms with Crippen LogP contribution in [-0.2, 0) is 29.0 Å². The van der Waals surface area contributed by atoms with Crippen LogP contribution in [0.25, 0.3) is 11.2 Å². The topological polar surface area (TPSA) is 128 Å². The number of H-pyrrole nitrogens is 1. The van der Waals surface area contributed by atoms with Gasteiger partial charge >= 0.3 is 11.7 Å². The highest BCUT2D eigenvalue weighted by Crippen LogP contribution is 2.23. The first kappa shape index (κ1) is 24.4. The number of fused-ring (bicyclic) bond motifs is 1. The van der Waals surface area contributed by atoms with Crippen molar-refractivity contribution in [3.8, 4) is 0 Å². The predicted octanol–water partition coefficient (Wildman–Crippen LogP) is 2.76. The number of nitrogens with zero attached hydrogens (tertiary/aromatic N) is 3. The molecule has 0 aliphatic rings. The fraction of sp³-hybridized carbons (Fsp3) is 0.500. The number of carbonyl (C=O) groups excluding carboxylic acids is 2. The molecule has 0 atom stereocenters. The molecule has 3 rings (SSSR count). The zero-order valence-electron chi connectivity index (χ0n) is 19.3. The van der Waals surface area contributed by atoms with Crippen LogP contribution >= 0.6 is 11.3 Å². The number of methoxy groups -OCH3 is 1. The van der Waals surface area contributed by atoms with Crippen LogP contribution in [0.5, 0.6) is 0 Å². The Balaban J connectivity index is 1.90. The van der Waals surface area contributed by atoms with E-state index in [1.807, 2.05) is 20.8 Å². The number of nitrogens with one attached hydrogen (secondary N) is 2. The van der Waals surface area contributed by atoms with Gasteiger partial charge in [0.15, 0.2) is 11.2 Å². The molecule has 178 valence electrons. The lowest BCUT2D eigenvalue weighted by Crippen LogP contribution is -2.31. The summed E-state index contributed by atoms with van der Waals surface area (Å²) in [5.74, 6) is -0.0187. The average molecular weight is 476 g/mol. The van der Waals surface area contributed by atoms with Gasteiger partial charge in [-0.3, -0.25) is 19.1 Å². The normalized spacial score (nSPS) is 11.3. The van der Waals surface area contributed by atoms with Crippen molar-refractivity contribution >= 4 is 40.1 Å². The van der Waals surface area contributed by atoms with Gasteiger partial charge in [-0.15, -0.1) is 11.3 Å². The summed E-state index contributed by atoms with van der Waals surface area (Å²) < 4.78 is 8.04. The van der Waals surface area contributed by atoms with Crippen molar-refractivity contribution in [3.63, 3.8) is 0 Å². The van der Waals surface area contributed by atoms with Crippen LogP contribution in [0, 0.1) is 5.92 Å². The fourth-order valence-corrected chi connectivity index (χ4v) is 4.36. The number of aromatic amines is 1. The van der Waals surface area contributed by atoms with E-state index in [1.165, 1.54) is 23.0 Å². The third-order valence-electron chi connectivity index (χ3n) is 5.13. The third kappa shape index (κ3) is 5.41. The number of aromatic nitrogens is 4. The van der Waals surface area contributed by atoms with Crippen molar-refractivity contribution in [1.82, 2.24) is 19.1 Å². The molecule has 0 saturated heterocycles. The molecule has 33 heavy (non-hydrogen) atoms. The molecule has 3 aromatic heterocycles. The van der Waals surface area contributed by atoms with E-state index >= 15 is 0 Å². The molecule has 3 aromatic rings. The van der Waals surface area contributed by atoms with E-state index in [0.29, 0.717) is 40.6 Å². The Morgan fingerprint density at radius 2 is 2.03 bits per heavy atom. The highest BCUT2D eigenvalue weighted by atomic mass is 32.1. The fourth-order valence-electron chi connectivity index (χ4n) is 3.59. The lowest BCUT2D eigenvalue weighted by molar-refractivity contribution is -0.116. The van der Waals surface area contributed by atoms with Gasteiger partial charge in [0.2, 0.25) is 5.91 Å². The van der Waals surface area contributed by atoms with E-state index in [1.54, 1.807) is 16.0 Å². The second-order valence-electron chi connectivity index (χ2n) is 8.17. The van der Waals surface area contributed by atoms with Crippen LogP contribution < -0.4 is 16.6 Å². The van der Waals surface area contributed by atoms with Crippen LogP contribution in [0.15, 0.2) is 21.0 Å². The van der Waals surface area contributed by atoms with Crippen molar-refractivity contribution in [1.29, 1.82) is 0 Å². The molecule has 0 unspecified atom stereocenters. The Kier molecular flexibility index (Phi) is 7.85. The van der Waals surface area contributed by atoms with E-state index in [2.05, 4.69) is 15.3 Å². The van der Waals surface area contributed by atoms with Gasteiger partial charge in [-0.1, -0.05) is 27.2 Å². The second-order valence-corrected chi connectivity index (χ2v) is 9.09. The molecule has 11 heteroatoms. The molecular weight excluding hydrogens is 446 g/mol. The van der Waals surface area contributed by atoms with Gasteiger partial charge in [0.1, 0.15) is 10.7 Å². The smallest absolute Gasteiger partial charge is 0.350 e. The van der Waals surface area contributed by atoms with Crippen LogP contribution in [0.3, 0.4) is 0 Å². The number of hydrogen-bond donors (Lipinski definition) is 2. The SMILES string of the molecule is CCCCn1c(=O)[nH]c(=O)c2c1nc(CCC(=O)Nc1ccsc1C(=O)OC)n2CC(C)C. The highest BCUT2D eigenvalue weighted by molar-refractivity contribution is 7.12. The maximum absolute atomic E-state index is 12.7. The third-order valence-corrected chi connectivity index (χ3v) is 6.03. The number of hydrogen-bond acceptors (Lipinski definition) is 7. The van der Waals surface area contributed by atoms with E-state index in [-0.39, 0.29) is 24.7 Å². The van der Waals surface area contributed by atoms with Crippen molar-refractivity contribution in [2.75, 3.05) is 12.4 Å². The van der Waals surface area contributed by atoms with Crippen LogP contribution in [0.2, 0.25) is 0 Å². The maximum atomic E-state index is 12.7. The zero-order chi connectivity index (χ0) is 24.1. The summed E-state index contributed by atoms with van der Waals surface area (Å²) in [7, 11) is 1.29. The predicted molar refractivity (Wildman–Crippen MR) is 127 cm³/mol. The van der Waals surface area contributed by atoms with E-state index < -0.39 is 17.2 Å². The Morgan fingerprint density at radius 3 is 2.70 bits per heavy atom. The number of rotatable bonds is 10. The van der Waals surface area contributed by atoms with Gasteiger partial charge in [-0.25, -0.2) is 14.6 Å². The second kappa shape index (κ2) is 10.6. The number of amides is 1. The minimum atomic E-state index is -0.511. The average Bonchev–Trinajstić information content (AvgIpc) is 3.36. The molecule has 0 radical (unpaired) electrons. The first-order valence-corrected chi connectivity index (χ1v) is 11.8. The molecule has 0 spiro atoms. The maximum Gasteiger partial charge on any atom is 0.350 e. The summed E-state index contributed by atoms with van der Waals surface area (Å²) in [5, 5.41) is 4.44. The van der Waals surface area contributed by atoms with Gasteiger partial charge < -0.3 is 14.6 Å².